The van der Waals surface area contributed by atoms with Gasteiger partial charge in [-0.15, -0.1) is 20.4 Å². The van der Waals surface area contributed by atoms with E-state index in [1.807, 2.05) is 22.8 Å². The van der Waals surface area contributed by atoms with Crippen LogP contribution in [0.5, 0.6) is 5.75 Å². The minimum atomic E-state index is -3.25. The summed E-state index contributed by atoms with van der Waals surface area (Å²) >= 11 is 3.38. The normalized spacial score (nSPS) is 13.3. The van der Waals surface area contributed by atoms with Crippen LogP contribution in [0.25, 0.3) is 22.5 Å². The van der Waals surface area contributed by atoms with Crippen LogP contribution in [0.3, 0.4) is 0 Å². The predicted octanol–water partition coefficient (Wildman–Crippen LogP) is 15.7. The van der Waals surface area contributed by atoms with E-state index in [0.29, 0.717) is 34.9 Å². The molecular weight excluding hydrogens is 1470 g/mol. The Morgan fingerprint density at radius 1 is 0.579 bits per heavy atom. The third kappa shape index (κ3) is 21.4. The topological polar surface area (TPSA) is 191 Å². The molecule has 95 heavy (non-hydrogen) atoms. The van der Waals surface area contributed by atoms with Gasteiger partial charge in [0, 0.05) is 92.5 Å². The van der Waals surface area contributed by atoms with Gasteiger partial charge < -0.3 is 19.5 Å². The number of halogens is 3. The molecule has 16 nitrogen and oxygen atoms in total. The molecule has 2 aliphatic heterocycles. The Bertz CT molecular complexity index is 3910. The molecule has 4 aromatic carbocycles. The van der Waals surface area contributed by atoms with Crippen molar-refractivity contribution < 1.29 is 42.5 Å². The molecule has 6 heterocycles. The number of rotatable bonds is 15. The third-order valence-electron chi connectivity index (χ3n) is 16.3. The minimum absolute atomic E-state index is 0.0528. The number of benzene rings is 4. The molecule has 0 spiro atoms. The van der Waals surface area contributed by atoms with E-state index in [-0.39, 0.29) is 43.3 Å². The SMILES string of the molecule is Brc1ccc2c(c1)CCc1nncn1-2.CCS(=O)(=O)C(C)(C)c1cncc(-c2ccc3c(c2)CCc2nncn2-3)c1.CCS(=O)(=O)C(C)(C)c1cncc(O[B]O)c1.C[C-](C)P(c1ccc(N(C)C)cc1)C(C)(C)C.C[C-](C)P(c1ccc(N(C)C)cc1)C(C)(C)C.[Cl][Pd][Cl]. The van der Waals surface area contributed by atoms with Crippen molar-refractivity contribution in [2.45, 2.75) is 156 Å². The third-order valence-corrected chi connectivity index (χ3v) is 28.0. The summed E-state index contributed by atoms with van der Waals surface area (Å²) in [5.41, 5.74) is 13.7. The Hall–Kier alpha value is -4.63. The molecule has 0 saturated carbocycles. The molecule has 519 valence electrons. The summed E-state index contributed by atoms with van der Waals surface area (Å²) in [6.45, 7) is 33.1. The number of nitrogens with zero attached hydrogens (tertiary/aromatic N) is 10. The van der Waals surface area contributed by atoms with Crippen LogP contribution >= 0.6 is 50.8 Å². The second-order valence-corrected chi connectivity index (χ2v) is 42.3. The standard InChI is InChI=1S/C20H22N4O2S.2C15H25NP.C10H15BNO4S.C10H8BrN3.2ClH.Pd/c1-4-27(25,26)20(2,3)17-10-16(11-21-12-17)14-5-7-18-15(9-14)6-8-19-23-22-13-24(18)19;2*1-12(2)17(15(3,4)5)14-10-8-13(9-11-14)16(6)7;1-4-17(14,15)10(2,3)8-5-9(16-11-13)7-12-6-8;11-8-2-3-9-7(5-8)1-4-10-13-12-6-14(9)10;;;/h5,7,9-13H,4,6,8H2,1-3H3;2*8-11H,1-7H3;5-7,13H,4H2,1-3H3;2-3,5-6H,1,4H2;2*1H;/q;2*-1;;;;;+2/p-2. The first-order chi connectivity index (χ1) is 44.4. The zero-order valence-corrected chi connectivity index (χ0v) is 66.7. The van der Waals surface area contributed by atoms with Gasteiger partial charge >= 0.3 is 42.7 Å². The fourth-order valence-corrected chi connectivity index (χ4v) is 20.2. The van der Waals surface area contributed by atoms with Gasteiger partial charge in [-0.2, -0.15) is 27.7 Å². The number of hydrogen-bond acceptors (Lipinski definition) is 14. The Kier molecular flexibility index (Phi) is 30.2. The summed E-state index contributed by atoms with van der Waals surface area (Å²) in [6.07, 6.45) is 13.6. The molecule has 2 atom stereocenters. The van der Waals surface area contributed by atoms with Crippen LogP contribution in [0.15, 0.2) is 139 Å². The molecule has 2 aliphatic rings. The molecule has 0 amide bonds. The zero-order valence-electron chi connectivity index (χ0n) is 58.6. The molecule has 2 unspecified atom stereocenters. The molecular formula is C70H95BBrCl2N10O6P2PdS2-2. The Morgan fingerprint density at radius 2 is 0.979 bits per heavy atom. The molecule has 0 saturated heterocycles. The second kappa shape index (κ2) is 35.4. The van der Waals surface area contributed by atoms with E-state index in [1.54, 1.807) is 84.0 Å². The summed E-state index contributed by atoms with van der Waals surface area (Å²) in [5.74, 6) is 2.48. The second-order valence-electron chi connectivity index (χ2n) is 26.5. The van der Waals surface area contributed by atoms with Gasteiger partial charge in [-0.25, -0.2) is 32.7 Å². The van der Waals surface area contributed by atoms with Crippen molar-refractivity contribution in [1.29, 1.82) is 0 Å². The Labute approximate surface area is 595 Å². The van der Waals surface area contributed by atoms with E-state index < -0.39 is 29.2 Å². The summed E-state index contributed by atoms with van der Waals surface area (Å²) in [4.78, 5) is 12.5. The molecule has 8 aromatic rings. The number of anilines is 2. The summed E-state index contributed by atoms with van der Waals surface area (Å²) in [6, 6.07) is 34.1. The number of sulfone groups is 2. The number of hydrogen-bond donors (Lipinski definition) is 1. The van der Waals surface area contributed by atoms with E-state index in [1.165, 1.54) is 51.2 Å². The molecule has 1 radical (unpaired) electrons. The van der Waals surface area contributed by atoms with Crippen molar-refractivity contribution in [3.8, 4) is 28.3 Å². The average Bonchev–Trinajstić information content (AvgIpc) is 1.59. The van der Waals surface area contributed by atoms with Gasteiger partial charge in [-0.3, -0.25) is 30.4 Å². The van der Waals surface area contributed by atoms with Gasteiger partial charge in [-0.05, 0) is 145 Å². The molecule has 25 heteroatoms. The van der Waals surface area contributed by atoms with Crippen LogP contribution in [-0.4, -0.2) is 119 Å². The predicted molar refractivity (Wildman–Crippen MR) is 401 cm³/mol. The van der Waals surface area contributed by atoms with Crippen molar-refractivity contribution >= 4 is 100 Å². The van der Waals surface area contributed by atoms with E-state index >= 15 is 0 Å². The molecule has 0 bridgehead atoms. The number of aryl methyl sites for hydroxylation is 4. The first-order valence-electron chi connectivity index (χ1n) is 31.2. The first kappa shape index (κ1) is 81.0. The summed E-state index contributed by atoms with van der Waals surface area (Å²) in [5, 5.41) is 28.3. The van der Waals surface area contributed by atoms with Gasteiger partial charge in [0.1, 0.15) is 30.1 Å². The monoisotopic (exact) mass is 1560 g/mol. The Balaban J connectivity index is 0.000000217. The van der Waals surface area contributed by atoms with Gasteiger partial charge in [0.15, 0.2) is 19.7 Å². The molecule has 0 aliphatic carbocycles. The number of fused-ring (bicyclic) bond motifs is 6. The molecule has 4 aromatic heterocycles. The van der Waals surface area contributed by atoms with Gasteiger partial charge in [0.25, 0.3) is 0 Å². The van der Waals surface area contributed by atoms with Gasteiger partial charge in [-0.1, -0.05) is 112 Å². The van der Waals surface area contributed by atoms with Crippen LogP contribution in [0.2, 0.25) is 0 Å². The van der Waals surface area contributed by atoms with Crippen LogP contribution < -0.4 is 25.1 Å². The quantitative estimate of drug-likeness (QED) is 0.0579. The first-order valence-corrected chi connectivity index (χ1v) is 42.0. The van der Waals surface area contributed by atoms with E-state index in [0.717, 1.165) is 58.6 Å². The maximum absolute atomic E-state index is 12.5. The van der Waals surface area contributed by atoms with Crippen LogP contribution in [0.4, 0.5) is 11.4 Å². The van der Waals surface area contributed by atoms with Crippen molar-refractivity contribution in [2.75, 3.05) is 49.5 Å². The van der Waals surface area contributed by atoms with Crippen LogP contribution in [0, 0.1) is 11.3 Å². The average molecular weight is 1570 g/mol. The van der Waals surface area contributed by atoms with Crippen molar-refractivity contribution in [3.05, 3.63) is 184 Å². The van der Waals surface area contributed by atoms with Crippen LogP contribution in [0.1, 0.15) is 145 Å². The van der Waals surface area contributed by atoms with Crippen molar-refractivity contribution in [3.63, 3.8) is 0 Å². The molecule has 0 fully saturated rings. The Morgan fingerprint density at radius 3 is 1.37 bits per heavy atom. The fourth-order valence-electron chi connectivity index (χ4n) is 11.3. The van der Waals surface area contributed by atoms with Gasteiger partial charge in [0.05, 0.1) is 27.1 Å². The maximum atomic E-state index is 12.5. The van der Waals surface area contributed by atoms with E-state index in [9.17, 15) is 16.8 Å². The zero-order chi connectivity index (χ0) is 71.0. The number of aromatic nitrogens is 8. The van der Waals surface area contributed by atoms with Gasteiger partial charge in [0.2, 0.25) is 0 Å². The molecule has 1 N–H and O–H groups in total. The van der Waals surface area contributed by atoms with Crippen LogP contribution in [-0.2, 0) is 70.8 Å². The number of pyridine rings is 2. The molecule has 10 rings (SSSR count). The fraction of sp³-hybridized carbons (Fsp3) is 0.429. The summed E-state index contributed by atoms with van der Waals surface area (Å²) in [7, 11) is 11.6. The van der Waals surface area contributed by atoms with Crippen molar-refractivity contribution in [2.24, 2.45) is 0 Å². The van der Waals surface area contributed by atoms with Crippen molar-refractivity contribution in [1.82, 2.24) is 39.5 Å². The summed E-state index contributed by atoms with van der Waals surface area (Å²) < 4.78 is 56.9. The van der Waals surface area contributed by atoms with E-state index in [2.05, 4.69) is 231 Å². The van der Waals surface area contributed by atoms with E-state index in [4.69, 9.17) is 28.7 Å².